The molecule has 114 valence electrons. The van der Waals surface area contributed by atoms with Crippen molar-refractivity contribution in [3.05, 3.63) is 29.8 Å². The Morgan fingerprint density at radius 2 is 1.90 bits per heavy atom. The monoisotopic (exact) mass is 293 g/mol. The Hall–Kier alpha value is -2.77. The average molecular weight is 293 g/mol. The second kappa shape index (κ2) is 7.73. The van der Waals surface area contributed by atoms with Gasteiger partial charge in [0, 0.05) is 17.8 Å². The van der Waals surface area contributed by atoms with Crippen LogP contribution < -0.4 is 22.1 Å². The number of hydrogen-bond donors (Lipinski definition) is 6. The second-order valence-corrected chi connectivity index (χ2v) is 4.47. The van der Waals surface area contributed by atoms with Gasteiger partial charge in [-0.1, -0.05) is 0 Å². The molecule has 0 saturated carbocycles. The third kappa shape index (κ3) is 5.81. The van der Waals surface area contributed by atoms with E-state index in [0.29, 0.717) is 24.2 Å². The standard InChI is InChI=1S/C13H19N5O3/c14-9-5-3-8(4-6-9)11(19)18-10(12(20)21)2-1-7-17-13(15)16/h3-6,10H,1-2,7,14H2,(H,18,19)(H,20,21)(H4,15,16,17)/t10-/m0/s1. The number of hydrogen-bond acceptors (Lipinski definition) is 4. The minimum Gasteiger partial charge on any atom is -0.480 e. The molecule has 0 heterocycles. The van der Waals surface area contributed by atoms with Gasteiger partial charge in [0.2, 0.25) is 0 Å². The summed E-state index contributed by atoms with van der Waals surface area (Å²) in [5, 5.41) is 21.1. The second-order valence-electron chi connectivity index (χ2n) is 4.47. The van der Waals surface area contributed by atoms with Gasteiger partial charge in [-0.15, -0.1) is 0 Å². The molecule has 0 bridgehead atoms. The highest BCUT2D eigenvalue weighted by Gasteiger charge is 2.20. The maximum Gasteiger partial charge on any atom is 0.326 e. The van der Waals surface area contributed by atoms with E-state index in [1.54, 1.807) is 12.1 Å². The quantitative estimate of drug-likeness (QED) is 0.176. The highest BCUT2D eigenvalue weighted by atomic mass is 16.4. The van der Waals surface area contributed by atoms with Gasteiger partial charge in [0.05, 0.1) is 0 Å². The van der Waals surface area contributed by atoms with Crippen LogP contribution in [-0.4, -0.2) is 35.5 Å². The predicted molar refractivity (Wildman–Crippen MR) is 78.9 cm³/mol. The van der Waals surface area contributed by atoms with Gasteiger partial charge in [-0.3, -0.25) is 10.2 Å². The molecule has 8 N–H and O–H groups in total. The summed E-state index contributed by atoms with van der Waals surface area (Å²) in [6, 6.07) is 5.20. The van der Waals surface area contributed by atoms with Gasteiger partial charge in [-0.05, 0) is 37.1 Å². The predicted octanol–water partition coefficient (Wildman–Crippen LogP) is -0.285. The lowest BCUT2D eigenvalue weighted by Gasteiger charge is -2.14. The molecule has 1 rings (SSSR count). The molecule has 0 fully saturated rings. The minimum absolute atomic E-state index is 0.173. The van der Waals surface area contributed by atoms with Crippen molar-refractivity contribution in [1.82, 2.24) is 10.6 Å². The molecule has 0 aromatic heterocycles. The molecule has 0 aliphatic carbocycles. The smallest absolute Gasteiger partial charge is 0.326 e. The van der Waals surface area contributed by atoms with Crippen LogP contribution in [0.1, 0.15) is 23.2 Å². The molecular formula is C13H19N5O3. The Morgan fingerprint density at radius 1 is 1.29 bits per heavy atom. The van der Waals surface area contributed by atoms with Crippen molar-refractivity contribution in [2.45, 2.75) is 18.9 Å². The minimum atomic E-state index is -1.11. The van der Waals surface area contributed by atoms with Crippen molar-refractivity contribution in [2.24, 2.45) is 5.73 Å². The molecule has 8 heteroatoms. The molecule has 1 amide bonds. The number of guanidine groups is 1. The summed E-state index contributed by atoms with van der Waals surface area (Å²) < 4.78 is 0. The van der Waals surface area contributed by atoms with Crippen molar-refractivity contribution in [3.63, 3.8) is 0 Å². The van der Waals surface area contributed by atoms with E-state index < -0.39 is 17.9 Å². The molecule has 0 radical (unpaired) electrons. The Morgan fingerprint density at radius 3 is 2.43 bits per heavy atom. The number of anilines is 1. The van der Waals surface area contributed by atoms with Crippen molar-refractivity contribution in [3.8, 4) is 0 Å². The van der Waals surface area contributed by atoms with E-state index in [9.17, 15) is 9.59 Å². The van der Waals surface area contributed by atoms with Crippen molar-refractivity contribution < 1.29 is 14.7 Å². The number of carbonyl (C=O) groups is 2. The van der Waals surface area contributed by atoms with Crippen LogP contribution in [-0.2, 0) is 4.79 Å². The van der Waals surface area contributed by atoms with E-state index >= 15 is 0 Å². The first kappa shape index (κ1) is 16.3. The molecule has 0 aliphatic rings. The van der Waals surface area contributed by atoms with Gasteiger partial charge in [0.25, 0.3) is 5.91 Å². The first-order chi connectivity index (χ1) is 9.90. The van der Waals surface area contributed by atoms with E-state index in [4.69, 9.17) is 22.0 Å². The maximum atomic E-state index is 11.9. The molecule has 0 spiro atoms. The number of carboxylic acid groups (broad SMARTS) is 1. The maximum absolute atomic E-state index is 11.9. The van der Waals surface area contributed by atoms with E-state index in [1.165, 1.54) is 12.1 Å². The number of nitrogen functional groups attached to an aromatic ring is 1. The number of amides is 1. The Bertz CT molecular complexity index is 515. The van der Waals surface area contributed by atoms with Crippen LogP contribution in [0.3, 0.4) is 0 Å². The number of rotatable bonds is 7. The number of benzene rings is 1. The zero-order valence-corrected chi connectivity index (χ0v) is 11.4. The largest absolute Gasteiger partial charge is 0.480 e. The molecule has 8 nitrogen and oxygen atoms in total. The molecule has 0 unspecified atom stereocenters. The topological polar surface area (TPSA) is 154 Å². The lowest BCUT2D eigenvalue weighted by atomic mass is 10.1. The summed E-state index contributed by atoms with van der Waals surface area (Å²) in [5.74, 6) is -1.75. The highest BCUT2D eigenvalue weighted by molar-refractivity contribution is 5.96. The third-order valence-corrected chi connectivity index (χ3v) is 2.76. The lowest BCUT2D eigenvalue weighted by molar-refractivity contribution is -0.139. The molecule has 0 saturated heterocycles. The summed E-state index contributed by atoms with van der Waals surface area (Å²) in [6.07, 6.45) is 0.689. The normalized spacial score (nSPS) is 11.4. The van der Waals surface area contributed by atoms with Crippen molar-refractivity contribution in [1.29, 1.82) is 5.41 Å². The first-order valence-electron chi connectivity index (χ1n) is 6.37. The van der Waals surface area contributed by atoms with Crippen LogP contribution in [0.2, 0.25) is 0 Å². The van der Waals surface area contributed by atoms with Crippen LogP contribution >= 0.6 is 0 Å². The summed E-state index contributed by atoms with van der Waals surface area (Å²) in [6.45, 7) is 0.372. The Balaban J connectivity index is 2.53. The summed E-state index contributed by atoms with van der Waals surface area (Å²) in [5.41, 5.74) is 11.5. The van der Waals surface area contributed by atoms with E-state index in [0.717, 1.165) is 0 Å². The molecular weight excluding hydrogens is 274 g/mol. The Labute approximate surface area is 122 Å². The van der Waals surface area contributed by atoms with Crippen LogP contribution in [0.25, 0.3) is 0 Å². The molecule has 1 atom stereocenters. The number of nitrogens with one attached hydrogen (secondary N) is 3. The van der Waals surface area contributed by atoms with Gasteiger partial charge in [0.15, 0.2) is 5.96 Å². The van der Waals surface area contributed by atoms with Gasteiger partial charge >= 0.3 is 5.97 Å². The van der Waals surface area contributed by atoms with Gasteiger partial charge in [-0.25, -0.2) is 4.79 Å². The zero-order valence-electron chi connectivity index (χ0n) is 11.4. The van der Waals surface area contributed by atoms with Crippen LogP contribution in [0.15, 0.2) is 24.3 Å². The number of aliphatic carboxylic acids is 1. The highest BCUT2D eigenvalue weighted by Crippen LogP contribution is 2.06. The third-order valence-electron chi connectivity index (χ3n) is 2.76. The van der Waals surface area contributed by atoms with E-state index in [2.05, 4.69) is 10.6 Å². The summed E-state index contributed by atoms with van der Waals surface area (Å²) in [4.78, 5) is 23.1. The van der Waals surface area contributed by atoms with E-state index in [-0.39, 0.29) is 12.4 Å². The van der Waals surface area contributed by atoms with Crippen LogP contribution in [0, 0.1) is 5.41 Å². The fourth-order valence-corrected chi connectivity index (χ4v) is 1.66. The van der Waals surface area contributed by atoms with Gasteiger partial charge in [0.1, 0.15) is 6.04 Å². The molecule has 21 heavy (non-hydrogen) atoms. The van der Waals surface area contributed by atoms with Gasteiger partial charge in [-0.2, -0.15) is 0 Å². The SMILES string of the molecule is N=C(N)NCCC[C@H](NC(=O)c1ccc(N)cc1)C(=O)O. The van der Waals surface area contributed by atoms with Gasteiger partial charge < -0.3 is 27.2 Å². The summed E-state index contributed by atoms with van der Waals surface area (Å²) in [7, 11) is 0. The number of carbonyl (C=O) groups excluding carboxylic acids is 1. The molecule has 1 aromatic carbocycles. The zero-order chi connectivity index (χ0) is 15.8. The average Bonchev–Trinajstić information content (AvgIpc) is 2.42. The Kier molecular flexibility index (Phi) is 5.99. The molecule has 1 aromatic rings. The van der Waals surface area contributed by atoms with Crippen LogP contribution in [0.4, 0.5) is 5.69 Å². The first-order valence-corrected chi connectivity index (χ1v) is 6.37. The number of carboxylic acids is 1. The van der Waals surface area contributed by atoms with E-state index in [1.807, 2.05) is 0 Å². The van der Waals surface area contributed by atoms with Crippen molar-refractivity contribution in [2.75, 3.05) is 12.3 Å². The number of nitrogens with two attached hydrogens (primary N) is 2. The fourth-order valence-electron chi connectivity index (χ4n) is 1.66. The summed E-state index contributed by atoms with van der Waals surface area (Å²) >= 11 is 0. The molecule has 0 aliphatic heterocycles. The van der Waals surface area contributed by atoms with Crippen LogP contribution in [0.5, 0.6) is 0 Å². The fraction of sp³-hybridized carbons (Fsp3) is 0.308. The van der Waals surface area contributed by atoms with Crippen molar-refractivity contribution >= 4 is 23.5 Å². The lowest BCUT2D eigenvalue weighted by Crippen LogP contribution is -2.41.